The Balaban J connectivity index is 2.05. The van der Waals surface area contributed by atoms with E-state index in [1.54, 1.807) is 17.5 Å². The molecular weight excluding hydrogens is 208 g/mol. The number of fused-ring (bicyclic) bond motifs is 1. The van der Waals surface area contributed by atoms with Gasteiger partial charge >= 0.3 is 0 Å². The highest BCUT2D eigenvalue weighted by Crippen LogP contribution is 2.13. The Hall–Kier alpha value is -1.75. The Kier molecular flexibility index (Phi) is 1.96. The van der Waals surface area contributed by atoms with E-state index >= 15 is 0 Å². The highest BCUT2D eigenvalue weighted by Gasteiger charge is 2.05. The van der Waals surface area contributed by atoms with Crippen LogP contribution in [0, 0.1) is 0 Å². The van der Waals surface area contributed by atoms with Gasteiger partial charge < -0.3 is 0 Å². The van der Waals surface area contributed by atoms with Crippen molar-refractivity contribution in [3.05, 3.63) is 40.7 Å². The second-order valence-corrected chi connectivity index (χ2v) is 4.20. The summed E-state index contributed by atoms with van der Waals surface area (Å²) in [6.45, 7) is 0.741. The molecule has 0 aliphatic heterocycles. The number of rotatable bonds is 2. The largest absolute Gasteiger partial charge is 0.235 e. The number of nitrogens with zero attached hydrogens (tertiary/aromatic N) is 4. The molecule has 0 aliphatic rings. The van der Waals surface area contributed by atoms with Gasteiger partial charge in [-0.15, -0.1) is 16.4 Å². The van der Waals surface area contributed by atoms with E-state index in [-0.39, 0.29) is 0 Å². The summed E-state index contributed by atoms with van der Waals surface area (Å²) >= 11 is 1.71. The zero-order valence-electron chi connectivity index (χ0n) is 7.87. The van der Waals surface area contributed by atoms with Gasteiger partial charge in [0, 0.05) is 11.1 Å². The van der Waals surface area contributed by atoms with Gasteiger partial charge in [0.15, 0.2) is 5.65 Å². The topological polar surface area (TPSA) is 43.6 Å². The van der Waals surface area contributed by atoms with Crippen molar-refractivity contribution in [3.63, 3.8) is 0 Å². The van der Waals surface area contributed by atoms with Crippen LogP contribution in [0.15, 0.2) is 35.8 Å². The minimum absolute atomic E-state index is 0.741. The number of hydrogen-bond donors (Lipinski definition) is 0. The van der Waals surface area contributed by atoms with E-state index in [2.05, 4.69) is 26.7 Å². The molecule has 0 atom stereocenters. The molecule has 15 heavy (non-hydrogen) atoms. The van der Waals surface area contributed by atoms with Crippen molar-refractivity contribution in [3.8, 4) is 0 Å². The molecule has 0 bridgehead atoms. The number of thiophene rings is 1. The van der Waals surface area contributed by atoms with Crippen molar-refractivity contribution in [2.75, 3.05) is 0 Å². The molecule has 0 radical (unpaired) electrons. The molecule has 0 saturated heterocycles. The zero-order chi connectivity index (χ0) is 10.1. The lowest BCUT2D eigenvalue weighted by molar-refractivity contribution is 0.670. The number of aromatic nitrogens is 4. The van der Waals surface area contributed by atoms with Crippen LogP contribution in [0.4, 0.5) is 0 Å². The highest BCUT2D eigenvalue weighted by molar-refractivity contribution is 7.09. The first-order valence-corrected chi connectivity index (χ1v) is 5.48. The minimum Gasteiger partial charge on any atom is -0.235 e. The lowest BCUT2D eigenvalue weighted by atomic mass is 10.4. The Bertz CT molecular complexity index is 570. The third-order valence-corrected chi connectivity index (χ3v) is 3.02. The molecule has 3 heterocycles. The van der Waals surface area contributed by atoms with E-state index in [9.17, 15) is 0 Å². The second-order valence-electron chi connectivity index (χ2n) is 3.17. The summed E-state index contributed by atoms with van der Waals surface area (Å²) in [4.78, 5) is 5.52. The quantitative estimate of drug-likeness (QED) is 0.657. The van der Waals surface area contributed by atoms with Crippen LogP contribution >= 0.6 is 11.3 Å². The van der Waals surface area contributed by atoms with E-state index in [4.69, 9.17) is 0 Å². The number of hydrogen-bond acceptors (Lipinski definition) is 4. The third-order valence-electron chi connectivity index (χ3n) is 2.16. The van der Waals surface area contributed by atoms with Crippen LogP contribution in [0.2, 0.25) is 0 Å². The van der Waals surface area contributed by atoms with E-state index in [0.717, 1.165) is 17.7 Å². The van der Waals surface area contributed by atoms with E-state index in [1.165, 1.54) is 4.88 Å². The van der Waals surface area contributed by atoms with Crippen LogP contribution in [-0.4, -0.2) is 20.0 Å². The molecule has 5 heteroatoms. The predicted octanol–water partition coefficient (Wildman–Crippen LogP) is 1.94. The van der Waals surface area contributed by atoms with Crippen molar-refractivity contribution >= 4 is 22.5 Å². The van der Waals surface area contributed by atoms with Gasteiger partial charge in [-0.1, -0.05) is 11.3 Å². The van der Waals surface area contributed by atoms with Crippen LogP contribution in [0.5, 0.6) is 0 Å². The van der Waals surface area contributed by atoms with Gasteiger partial charge in [0.2, 0.25) is 0 Å². The first-order chi connectivity index (χ1) is 7.43. The van der Waals surface area contributed by atoms with Crippen molar-refractivity contribution in [2.45, 2.75) is 6.54 Å². The molecule has 74 valence electrons. The molecule has 3 rings (SSSR count). The van der Waals surface area contributed by atoms with Gasteiger partial charge in [0.1, 0.15) is 5.52 Å². The van der Waals surface area contributed by atoms with Gasteiger partial charge in [0.25, 0.3) is 0 Å². The molecule has 3 aromatic heterocycles. The zero-order valence-corrected chi connectivity index (χ0v) is 8.68. The van der Waals surface area contributed by atoms with Crippen LogP contribution in [-0.2, 0) is 6.54 Å². The molecule has 0 aliphatic carbocycles. The highest BCUT2D eigenvalue weighted by atomic mass is 32.1. The molecule has 0 N–H and O–H groups in total. The fraction of sp³-hybridized carbons (Fsp3) is 0.100. The molecular formula is C10H8N4S. The average molecular weight is 216 g/mol. The van der Waals surface area contributed by atoms with E-state index < -0.39 is 0 Å². The Labute approximate surface area is 90.2 Å². The molecule has 0 fully saturated rings. The first-order valence-electron chi connectivity index (χ1n) is 4.60. The Morgan fingerprint density at radius 3 is 3.13 bits per heavy atom. The van der Waals surface area contributed by atoms with Gasteiger partial charge in [-0.2, -0.15) is 0 Å². The summed E-state index contributed by atoms with van der Waals surface area (Å²) in [6, 6.07) is 7.90. The maximum atomic E-state index is 4.26. The standard InChI is InChI=1S/C10H8N4S/c1-4-9-10(11-5-1)14(13-12-9)7-8-3-2-6-15-8/h1-6H,7H2. The van der Waals surface area contributed by atoms with Crippen LogP contribution in [0.25, 0.3) is 11.2 Å². The molecule has 0 unspecified atom stereocenters. The minimum atomic E-state index is 0.741. The maximum Gasteiger partial charge on any atom is 0.178 e. The van der Waals surface area contributed by atoms with E-state index in [1.807, 2.05) is 22.9 Å². The summed E-state index contributed by atoms with van der Waals surface area (Å²) in [6.07, 6.45) is 1.76. The summed E-state index contributed by atoms with van der Waals surface area (Å²) in [5.74, 6) is 0. The lowest BCUT2D eigenvalue weighted by Crippen LogP contribution is -2.00. The van der Waals surface area contributed by atoms with Gasteiger partial charge in [-0.05, 0) is 23.6 Å². The monoisotopic (exact) mass is 216 g/mol. The molecule has 0 amide bonds. The van der Waals surface area contributed by atoms with Crippen molar-refractivity contribution in [1.82, 2.24) is 20.0 Å². The van der Waals surface area contributed by atoms with Crippen molar-refractivity contribution in [1.29, 1.82) is 0 Å². The van der Waals surface area contributed by atoms with Gasteiger partial charge in [-0.3, -0.25) is 0 Å². The lowest BCUT2D eigenvalue weighted by Gasteiger charge is -1.97. The molecule has 4 nitrogen and oxygen atoms in total. The predicted molar refractivity (Wildman–Crippen MR) is 58.7 cm³/mol. The van der Waals surface area contributed by atoms with Crippen molar-refractivity contribution < 1.29 is 0 Å². The molecule has 0 saturated carbocycles. The SMILES string of the molecule is c1csc(Cn2nnc3cccnc32)c1. The smallest absolute Gasteiger partial charge is 0.178 e. The maximum absolute atomic E-state index is 4.26. The summed E-state index contributed by atoms with van der Waals surface area (Å²) in [5.41, 5.74) is 1.68. The number of pyridine rings is 1. The van der Waals surface area contributed by atoms with Crippen LogP contribution in [0.1, 0.15) is 4.88 Å². The summed E-state index contributed by atoms with van der Waals surface area (Å²) in [5, 5.41) is 10.2. The summed E-state index contributed by atoms with van der Waals surface area (Å²) in [7, 11) is 0. The Morgan fingerprint density at radius 1 is 1.27 bits per heavy atom. The Morgan fingerprint density at radius 2 is 2.27 bits per heavy atom. The van der Waals surface area contributed by atoms with E-state index in [0.29, 0.717) is 0 Å². The fourth-order valence-corrected chi connectivity index (χ4v) is 2.15. The fourth-order valence-electron chi connectivity index (χ4n) is 1.47. The third kappa shape index (κ3) is 1.50. The second kappa shape index (κ2) is 3.43. The molecule has 0 spiro atoms. The normalized spacial score (nSPS) is 10.9. The van der Waals surface area contributed by atoms with Crippen LogP contribution in [0.3, 0.4) is 0 Å². The molecule has 0 aromatic carbocycles. The average Bonchev–Trinajstić information content (AvgIpc) is 2.89. The first kappa shape index (κ1) is 8.55. The van der Waals surface area contributed by atoms with Crippen LogP contribution < -0.4 is 0 Å². The van der Waals surface area contributed by atoms with Gasteiger partial charge in [-0.25, -0.2) is 9.67 Å². The van der Waals surface area contributed by atoms with Gasteiger partial charge in [0.05, 0.1) is 6.54 Å². The summed E-state index contributed by atoms with van der Waals surface area (Å²) < 4.78 is 1.82. The molecule has 3 aromatic rings. The van der Waals surface area contributed by atoms with Crippen molar-refractivity contribution in [2.24, 2.45) is 0 Å².